The first-order chi connectivity index (χ1) is 15.6. The molecule has 0 unspecified atom stereocenters. The summed E-state index contributed by atoms with van der Waals surface area (Å²) in [5.41, 5.74) is 0.951. The minimum atomic E-state index is -0.979. The molecule has 0 saturated heterocycles. The Balaban J connectivity index is 1.45. The Kier molecular flexibility index (Phi) is 7.80. The minimum Gasteiger partial charge on any atom is -0.480 e. The first-order valence-electron chi connectivity index (χ1n) is 12.4. The molecule has 4 rings (SSSR count). The predicted molar refractivity (Wildman–Crippen MR) is 128 cm³/mol. The molecule has 5 nitrogen and oxygen atoms in total. The largest absolute Gasteiger partial charge is 0.480 e. The van der Waals surface area contributed by atoms with Gasteiger partial charge >= 0.3 is 5.97 Å². The second kappa shape index (κ2) is 11.0. The average molecular weight is 437 g/mol. The van der Waals surface area contributed by atoms with Gasteiger partial charge in [-0.25, -0.2) is 4.79 Å². The van der Waals surface area contributed by atoms with Gasteiger partial charge in [-0.05, 0) is 42.0 Å². The van der Waals surface area contributed by atoms with Crippen LogP contribution in [0.15, 0.2) is 42.5 Å². The van der Waals surface area contributed by atoms with Crippen LogP contribution >= 0.6 is 0 Å². The van der Waals surface area contributed by atoms with Crippen LogP contribution < -0.4 is 5.32 Å². The molecule has 2 aromatic rings. The lowest BCUT2D eigenvalue weighted by atomic mass is 9.88. The van der Waals surface area contributed by atoms with E-state index in [9.17, 15) is 14.7 Å². The third-order valence-electron chi connectivity index (χ3n) is 7.35. The Hall–Kier alpha value is -2.40. The van der Waals surface area contributed by atoms with Gasteiger partial charge in [0.2, 0.25) is 5.91 Å². The van der Waals surface area contributed by atoms with Crippen LogP contribution in [-0.4, -0.2) is 46.6 Å². The molecule has 2 N–H and O–H groups in total. The molecule has 0 heterocycles. The molecule has 2 fully saturated rings. The number of nitrogens with one attached hydrogen (secondary N) is 1. The van der Waals surface area contributed by atoms with E-state index >= 15 is 0 Å². The number of benzene rings is 2. The summed E-state index contributed by atoms with van der Waals surface area (Å²) in [5, 5.41) is 14.8. The molecule has 0 aliphatic heterocycles. The van der Waals surface area contributed by atoms with Crippen molar-refractivity contribution in [1.82, 2.24) is 10.2 Å². The number of hydrogen-bond donors (Lipinski definition) is 2. The second-order valence-electron chi connectivity index (χ2n) is 9.56. The monoisotopic (exact) mass is 436 g/mol. The van der Waals surface area contributed by atoms with Crippen LogP contribution in [0.2, 0.25) is 0 Å². The number of carboxylic acids is 1. The maximum Gasteiger partial charge on any atom is 0.326 e. The van der Waals surface area contributed by atoms with Crippen LogP contribution in [0, 0.1) is 0 Å². The van der Waals surface area contributed by atoms with E-state index in [1.165, 1.54) is 38.5 Å². The van der Waals surface area contributed by atoms with Crippen LogP contribution in [0.5, 0.6) is 0 Å². The first kappa shape index (κ1) is 22.8. The lowest BCUT2D eigenvalue weighted by Gasteiger charge is -2.41. The summed E-state index contributed by atoms with van der Waals surface area (Å²) in [6.07, 6.45) is 12.4. The van der Waals surface area contributed by atoms with Gasteiger partial charge in [0.15, 0.2) is 0 Å². The number of rotatable bonds is 8. The normalized spacial score (nSPS) is 19.2. The molecule has 2 aliphatic rings. The Morgan fingerprint density at radius 2 is 1.47 bits per heavy atom. The molecule has 0 spiro atoms. The molecule has 0 bridgehead atoms. The fourth-order valence-corrected chi connectivity index (χ4v) is 5.68. The maximum absolute atomic E-state index is 13.1. The van der Waals surface area contributed by atoms with Crippen molar-refractivity contribution in [2.24, 2.45) is 0 Å². The summed E-state index contributed by atoms with van der Waals surface area (Å²) in [4.78, 5) is 27.5. The molecule has 172 valence electrons. The Bertz CT molecular complexity index is 893. The van der Waals surface area contributed by atoms with Gasteiger partial charge in [0.05, 0.1) is 6.54 Å². The van der Waals surface area contributed by atoms with Crippen molar-refractivity contribution in [3.8, 4) is 0 Å². The number of aliphatic carboxylic acids is 1. The van der Waals surface area contributed by atoms with E-state index in [2.05, 4.69) is 10.2 Å². The summed E-state index contributed by atoms with van der Waals surface area (Å²) in [7, 11) is 0. The van der Waals surface area contributed by atoms with Gasteiger partial charge in [-0.2, -0.15) is 0 Å². The van der Waals surface area contributed by atoms with E-state index in [0.29, 0.717) is 18.6 Å². The van der Waals surface area contributed by atoms with Crippen molar-refractivity contribution >= 4 is 22.6 Å². The van der Waals surface area contributed by atoms with E-state index < -0.39 is 12.0 Å². The van der Waals surface area contributed by atoms with Gasteiger partial charge in [-0.3, -0.25) is 9.69 Å². The smallest absolute Gasteiger partial charge is 0.326 e. The maximum atomic E-state index is 13.1. The quantitative estimate of drug-likeness (QED) is 0.616. The summed E-state index contributed by atoms with van der Waals surface area (Å²) in [6.45, 7) is 0.314. The molecule has 5 heteroatoms. The van der Waals surface area contributed by atoms with Gasteiger partial charge in [-0.1, -0.05) is 81.0 Å². The third kappa shape index (κ3) is 5.69. The minimum absolute atomic E-state index is 0.159. The number of nitrogens with zero attached hydrogens (tertiary/aromatic N) is 1. The van der Waals surface area contributed by atoms with Gasteiger partial charge in [0.1, 0.15) is 6.04 Å². The molecule has 2 aromatic carbocycles. The highest BCUT2D eigenvalue weighted by Crippen LogP contribution is 2.30. The number of carbonyl (C=O) groups is 2. The van der Waals surface area contributed by atoms with E-state index in [-0.39, 0.29) is 12.3 Å². The van der Waals surface area contributed by atoms with Crippen molar-refractivity contribution in [2.75, 3.05) is 6.54 Å². The van der Waals surface area contributed by atoms with E-state index in [1.807, 2.05) is 42.5 Å². The Labute approximate surface area is 191 Å². The van der Waals surface area contributed by atoms with Crippen LogP contribution in [0.4, 0.5) is 0 Å². The molecule has 1 amide bonds. The molecular weight excluding hydrogens is 400 g/mol. The van der Waals surface area contributed by atoms with Crippen molar-refractivity contribution in [2.45, 2.75) is 88.8 Å². The van der Waals surface area contributed by atoms with Gasteiger partial charge in [0.25, 0.3) is 0 Å². The van der Waals surface area contributed by atoms with Crippen molar-refractivity contribution in [3.63, 3.8) is 0 Å². The van der Waals surface area contributed by atoms with Crippen LogP contribution in [-0.2, 0) is 16.0 Å². The molecular formula is C27H36N2O3. The van der Waals surface area contributed by atoms with Crippen molar-refractivity contribution < 1.29 is 14.7 Å². The van der Waals surface area contributed by atoms with Crippen LogP contribution in [0.25, 0.3) is 10.8 Å². The summed E-state index contributed by atoms with van der Waals surface area (Å²) < 4.78 is 0. The zero-order valence-corrected chi connectivity index (χ0v) is 19.0. The molecule has 2 aliphatic carbocycles. The third-order valence-corrected chi connectivity index (χ3v) is 7.35. The van der Waals surface area contributed by atoms with Gasteiger partial charge in [-0.15, -0.1) is 0 Å². The van der Waals surface area contributed by atoms with Crippen molar-refractivity contribution in [1.29, 1.82) is 0 Å². The van der Waals surface area contributed by atoms with Crippen LogP contribution in [0.1, 0.15) is 69.8 Å². The van der Waals surface area contributed by atoms with Gasteiger partial charge < -0.3 is 10.4 Å². The average Bonchev–Trinajstić information content (AvgIpc) is 2.83. The van der Waals surface area contributed by atoms with Crippen LogP contribution in [0.3, 0.4) is 0 Å². The summed E-state index contributed by atoms with van der Waals surface area (Å²) in [6, 6.07) is 13.9. The summed E-state index contributed by atoms with van der Waals surface area (Å²) in [5.74, 6) is -1.14. The molecule has 1 atom stereocenters. The highest BCUT2D eigenvalue weighted by atomic mass is 16.4. The zero-order valence-electron chi connectivity index (χ0n) is 19.0. The van der Waals surface area contributed by atoms with Gasteiger partial charge in [0, 0.05) is 18.5 Å². The topological polar surface area (TPSA) is 69.6 Å². The fraction of sp³-hybridized carbons (Fsp3) is 0.556. The number of hydrogen-bond acceptors (Lipinski definition) is 3. The summed E-state index contributed by atoms with van der Waals surface area (Å²) >= 11 is 0. The first-order valence-corrected chi connectivity index (χ1v) is 12.4. The van der Waals surface area contributed by atoms with E-state index in [0.717, 1.165) is 42.0 Å². The predicted octanol–water partition coefficient (Wildman–Crippen LogP) is 4.92. The highest BCUT2D eigenvalue weighted by molar-refractivity contribution is 5.88. The highest BCUT2D eigenvalue weighted by Gasteiger charge is 2.31. The van der Waals surface area contributed by atoms with E-state index in [4.69, 9.17) is 0 Å². The second-order valence-corrected chi connectivity index (χ2v) is 9.56. The lowest BCUT2D eigenvalue weighted by molar-refractivity contribution is -0.142. The molecule has 32 heavy (non-hydrogen) atoms. The molecule has 0 aromatic heterocycles. The number of carbonyl (C=O) groups excluding carboxylic acids is 1. The fourth-order valence-electron chi connectivity index (χ4n) is 5.68. The number of fused-ring (bicyclic) bond motifs is 1. The Morgan fingerprint density at radius 1 is 0.875 bits per heavy atom. The zero-order chi connectivity index (χ0) is 22.3. The molecule has 0 radical (unpaired) electrons. The van der Waals surface area contributed by atoms with E-state index in [1.54, 1.807) is 0 Å². The Morgan fingerprint density at radius 3 is 2.09 bits per heavy atom. The van der Waals surface area contributed by atoms with Crippen molar-refractivity contribution in [3.05, 3.63) is 48.0 Å². The lowest BCUT2D eigenvalue weighted by Crippen LogP contribution is -2.52. The SMILES string of the molecule is O=C(CN(C1CCCCC1)C1CCCCC1)N[C@@H](Cc1cccc2ccccc12)C(=O)O. The molecule has 2 saturated carbocycles. The number of carboxylic acid groups (broad SMARTS) is 1. The standard InChI is InChI=1S/C27H36N2O3/c30-26(19-29(22-13-3-1-4-14-22)23-15-5-2-6-16-23)28-25(27(31)32)18-21-12-9-11-20-10-7-8-17-24(20)21/h7-12,17,22-23,25H,1-6,13-16,18-19H2,(H,28,30)(H,31,32)/t25-/m0/s1. The number of amides is 1.